The van der Waals surface area contributed by atoms with Gasteiger partial charge in [-0.1, -0.05) is 35.6 Å². The molecule has 0 radical (unpaired) electrons. The van der Waals surface area contributed by atoms with Gasteiger partial charge in [-0.25, -0.2) is 13.8 Å². The highest BCUT2D eigenvalue weighted by Crippen LogP contribution is 2.42. The molecular formula is C20H14F2N4OS. The molecule has 1 atom stereocenters. The Hall–Kier alpha value is -3.13. The zero-order chi connectivity index (χ0) is 19.4. The Morgan fingerprint density at radius 2 is 2.00 bits per heavy atom. The van der Waals surface area contributed by atoms with Gasteiger partial charge in [0.25, 0.3) is 0 Å². The number of hydrogen-bond donors (Lipinski definition) is 1. The number of para-hydroxylation sites is 1. The fourth-order valence-corrected chi connectivity index (χ4v) is 4.62. The highest BCUT2D eigenvalue weighted by atomic mass is 32.1. The van der Waals surface area contributed by atoms with Gasteiger partial charge in [-0.15, -0.1) is 0 Å². The van der Waals surface area contributed by atoms with Gasteiger partial charge in [-0.05, 0) is 30.7 Å². The second-order valence-electron chi connectivity index (χ2n) is 6.67. The molecule has 0 saturated carbocycles. The van der Waals surface area contributed by atoms with E-state index >= 15 is 0 Å². The van der Waals surface area contributed by atoms with E-state index in [2.05, 4.69) is 15.4 Å². The average Bonchev–Trinajstić information content (AvgIpc) is 3.24. The van der Waals surface area contributed by atoms with Crippen molar-refractivity contribution in [3.63, 3.8) is 0 Å². The molecule has 0 unspecified atom stereocenters. The summed E-state index contributed by atoms with van der Waals surface area (Å²) < 4.78 is 30.8. The Morgan fingerprint density at radius 3 is 2.82 bits per heavy atom. The molecule has 0 aliphatic carbocycles. The van der Waals surface area contributed by atoms with Crippen LogP contribution in [0.1, 0.15) is 29.2 Å². The number of carbonyl (C=O) groups excluding carboxylic acids is 1. The molecule has 8 heteroatoms. The molecule has 5 nitrogen and oxygen atoms in total. The monoisotopic (exact) mass is 396 g/mol. The topological polar surface area (TPSA) is 59.8 Å². The molecule has 3 heterocycles. The van der Waals surface area contributed by atoms with Crippen molar-refractivity contribution in [1.29, 1.82) is 0 Å². The third kappa shape index (κ3) is 2.52. The van der Waals surface area contributed by atoms with Gasteiger partial charge in [0.1, 0.15) is 5.82 Å². The minimum absolute atomic E-state index is 0.0275. The quantitative estimate of drug-likeness (QED) is 0.541. The SMILES string of the molecule is Cc1nn(-c2nc3ccccc3s2)c2c1[C@H](c1cccc(F)c1F)CC(=O)N2. The first-order valence-corrected chi connectivity index (χ1v) is 9.54. The number of anilines is 1. The van der Waals surface area contributed by atoms with E-state index in [0.29, 0.717) is 22.2 Å². The Balaban J connectivity index is 1.70. The molecule has 2 aromatic heterocycles. The second kappa shape index (κ2) is 6.20. The minimum Gasteiger partial charge on any atom is -0.310 e. The van der Waals surface area contributed by atoms with Gasteiger partial charge in [0.05, 0.1) is 15.9 Å². The number of carbonyl (C=O) groups is 1. The molecule has 0 bridgehead atoms. The zero-order valence-electron chi connectivity index (χ0n) is 14.7. The number of amides is 1. The fourth-order valence-electron chi connectivity index (χ4n) is 3.69. The normalized spacial score (nSPS) is 16.2. The van der Waals surface area contributed by atoms with Gasteiger partial charge >= 0.3 is 0 Å². The summed E-state index contributed by atoms with van der Waals surface area (Å²) in [5.74, 6) is -2.28. The number of aryl methyl sites for hydroxylation is 1. The first kappa shape index (κ1) is 17.0. The van der Waals surface area contributed by atoms with E-state index in [9.17, 15) is 13.6 Å². The van der Waals surface area contributed by atoms with Crippen molar-refractivity contribution in [1.82, 2.24) is 14.8 Å². The third-order valence-corrected chi connectivity index (χ3v) is 5.94. The Labute approximate surface area is 162 Å². The third-order valence-electron chi connectivity index (χ3n) is 4.92. The lowest BCUT2D eigenvalue weighted by Crippen LogP contribution is -2.25. The molecule has 1 N–H and O–H groups in total. The van der Waals surface area contributed by atoms with Crippen LogP contribution in [0.3, 0.4) is 0 Å². The maximum atomic E-state index is 14.5. The van der Waals surface area contributed by atoms with Crippen LogP contribution in [0.25, 0.3) is 15.3 Å². The minimum atomic E-state index is -0.930. The van der Waals surface area contributed by atoms with Crippen LogP contribution in [-0.4, -0.2) is 20.7 Å². The van der Waals surface area contributed by atoms with E-state index in [1.54, 1.807) is 11.6 Å². The Bertz CT molecular complexity index is 1210. The van der Waals surface area contributed by atoms with Gasteiger partial charge in [0.2, 0.25) is 11.0 Å². The maximum absolute atomic E-state index is 14.5. The predicted molar refractivity (Wildman–Crippen MR) is 103 cm³/mol. The van der Waals surface area contributed by atoms with Crippen LogP contribution < -0.4 is 5.32 Å². The van der Waals surface area contributed by atoms with Crippen molar-refractivity contribution in [3.8, 4) is 5.13 Å². The van der Waals surface area contributed by atoms with Gasteiger partial charge in [0, 0.05) is 17.9 Å². The van der Waals surface area contributed by atoms with Gasteiger partial charge in [-0.3, -0.25) is 4.79 Å². The number of hydrogen-bond acceptors (Lipinski definition) is 4. The van der Waals surface area contributed by atoms with Crippen LogP contribution in [0.2, 0.25) is 0 Å². The number of aromatic nitrogens is 3. The van der Waals surface area contributed by atoms with Gasteiger partial charge < -0.3 is 5.32 Å². The standard InChI is InChI=1S/C20H14F2N4OS/c1-10-17-12(11-5-4-6-13(21)18(11)22)9-16(27)24-19(17)26(25-10)20-23-14-7-2-3-8-15(14)28-20/h2-8,12H,9H2,1H3,(H,24,27)/t12-/m0/s1. The second-order valence-corrected chi connectivity index (χ2v) is 7.68. The van der Waals surface area contributed by atoms with E-state index in [1.165, 1.54) is 23.5 Å². The highest BCUT2D eigenvalue weighted by Gasteiger charge is 2.35. The number of thiazole rings is 1. The Morgan fingerprint density at radius 1 is 1.18 bits per heavy atom. The van der Waals surface area contributed by atoms with Crippen molar-refractivity contribution in [2.45, 2.75) is 19.3 Å². The summed E-state index contributed by atoms with van der Waals surface area (Å²) >= 11 is 1.44. The molecule has 1 aliphatic rings. The van der Waals surface area contributed by atoms with Crippen molar-refractivity contribution in [3.05, 3.63) is 70.9 Å². The van der Waals surface area contributed by atoms with Crippen LogP contribution >= 0.6 is 11.3 Å². The first-order chi connectivity index (χ1) is 13.5. The van der Waals surface area contributed by atoms with Crippen LogP contribution in [0, 0.1) is 18.6 Å². The summed E-state index contributed by atoms with van der Waals surface area (Å²) in [6, 6.07) is 11.7. The maximum Gasteiger partial charge on any atom is 0.226 e. The summed E-state index contributed by atoms with van der Waals surface area (Å²) in [5, 5.41) is 7.99. The van der Waals surface area contributed by atoms with Gasteiger partial charge in [-0.2, -0.15) is 9.78 Å². The number of rotatable bonds is 2. The number of benzene rings is 2. The van der Waals surface area contributed by atoms with Crippen LogP contribution in [-0.2, 0) is 4.79 Å². The Kier molecular flexibility index (Phi) is 3.77. The molecule has 0 saturated heterocycles. The lowest BCUT2D eigenvalue weighted by Gasteiger charge is -2.24. The van der Waals surface area contributed by atoms with Gasteiger partial charge in [0.15, 0.2) is 11.6 Å². The summed E-state index contributed by atoms with van der Waals surface area (Å²) in [5.41, 5.74) is 2.31. The number of nitrogens with one attached hydrogen (secondary N) is 1. The molecular weight excluding hydrogens is 382 g/mol. The van der Waals surface area contributed by atoms with Crippen LogP contribution in [0.4, 0.5) is 14.6 Å². The molecule has 4 aromatic rings. The molecule has 0 spiro atoms. The van der Waals surface area contributed by atoms with E-state index in [4.69, 9.17) is 0 Å². The molecule has 140 valence electrons. The predicted octanol–water partition coefficient (Wildman–Crippen LogP) is 4.54. The smallest absolute Gasteiger partial charge is 0.226 e. The zero-order valence-corrected chi connectivity index (χ0v) is 15.6. The summed E-state index contributed by atoms with van der Waals surface area (Å²) in [6.45, 7) is 1.80. The fraction of sp³-hybridized carbons (Fsp3) is 0.150. The molecule has 1 amide bonds. The highest BCUT2D eigenvalue weighted by molar-refractivity contribution is 7.20. The molecule has 1 aliphatic heterocycles. The van der Waals surface area contributed by atoms with Crippen molar-refractivity contribution in [2.75, 3.05) is 5.32 Å². The molecule has 0 fully saturated rings. The largest absolute Gasteiger partial charge is 0.310 e. The van der Waals surface area contributed by atoms with Crippen molar-refractivity contribution in [2.24, 2.45) is 0 Å². The van der Waals surface area contributed by atoms with Crippen molar-refractivity contribution < 1.29 is 13.6 Å². The lowest BCUT2D eigenvalue weighted by atomic mass is 9.85. The van der Waals surface area contributed by atoms with E-state index in [0.717, 1.165) is 16.3 Å². The number of halogens is 2. The molecule has 5 rings (SSSR count). The van der Waals surface area contributed by atoms with Crippen molar-refractivity contribution >= 4 is 33.3 Å². The van der Waals surface area contributed by atoms with E-state index < -0.39 is 17.6 Å². The summed E-state index contributed by atoms with van der Waals surface area (Å²) in [4.78, 5) is 17.0. The number of fused-ring (bicyclic) bond motifs is 2. The van der Waals surface area contributed by atoms with E-state index in [-0.39, 0.29) is 17.9 Å². The summed E-state index contributed by atoms with van der Waals surface area (Å²) in [6.07, 6.45) is 0.0275. The first-order valence-electron chi connectivity index (χ1n) is 8.72. The van der Waals surface area contributed by atoms with Crippen LogP contribution in [0.5, 0.6) is 0 Å². The molecule has 2 aromatic carbocycles. The summed E-state index contributed by atoms with van der Waals surface area (Å²) in [7, 11) is 0. The lowest BCUT2D eigenvalue weighted by molar-refractivity contribution is -0.116. The molecule has 28 heavy (non-hydrogen) atoms. The average molecular weight is 396 g/mol. The number of nitrogens with zero attached hydrogens (tertiary/aromatic N) is 3. The van der Waals surface area contributed by atoms with E-state index in [1.807, 2.05) is 24.3 Å². The van der Waals surface area contributed by atoms with Crippen LogP contribution in [0.15, 0.2) is 42.5 Å².